The van der Waals surface area contributed by atoms with Gasteiger partial charge in [-0.15, -0.1) is 0 Å². The third-order valence-electron chi connectivity index (χ3n) is 19.7. The molecule has 8 nitrogen and oxygen atoms in total. The summed E-state index contributed by atoms with van der Waals surface area (Å²) >= 11 is 0. The predicted octanol–water partition coefficient (Wildman–Crippen LogP) is 20.7. The summed E-state index contributed by atoms with van der Waals surface area (Å²) in [5, 5.41) is 5.23. The van der Waals surface area contributed by atoms with Crippen LogP contribution in [0, 0.1) is 0 Å². The Bertz CT molecular complexity index is 4780. The van der Waals surface area contributed by atoms with Crippen LogP contribution < -0.4 is 0 Å². The van der Waals surface area contributed by atoms with Gasteiger partial charge in [0.05, 0.1) is 73.1 Å². The fraction of sp³-hybridized carbons (Fsp3) is 0.312. The molecule has 0 amide bonds. The molecule has 8 aromatic carbocycles. The molecular weight excluding hydrogens is 1040 g/mol. The van der Waals surface area contributed by atoms with Crippen LogP contribution in [0.15, 0.2) is 158 Å². The average Bonchev–Trinajstić information content (AvgIpc) is 1.95. The van der Waals surface area contributed by atoms with Crippen LogP contribution in [0.4, 0.5) is 0 Å². The van der Waals surface area contributed by atoms with E-state index in [0.717, 1.165) is 72.8 Å². The highest BCUT2D eigenvalue weighted by molar-refractivity contribution is 5.98. The molecule has 1 aliphatic rings. The fourth-order valence-electron chi connectivity index (χ4n) is 14.3. The van der Waals surface area contributed by atoms with Gasteiger partial charge in [-0.05, 0) is 169 Å². The van der Waals surface area contributed by atoms with Gasteiger partial charge in [0.15, 0.2) is 0 Å². The van der Waals surface area contributed by atoms with Crippen LogP contribution in [-0.2, 0) is 10.8 Å². The summed E-state index contributed by atoms with van der Waals surface area (Å²) in [4.78, 5) is 11.1. The number of para-hydroxylation sites is 2. The van der Waals surface area contributed by atoms with Crippen LogP contribution in [0.25, 0.3) is 106 Å². The molecule has 6 heterocycles. The van der Waals surface area contributed by atoms with Crippen LogP contribution in [-0.4, -0.2) is 37.7 Å². The monoisotopic (exact) mass is 1120 g/mol. The topological polar surface area (TPSA) is 62.3 Å². The molecule has 0 spiro atoms. The molecule has 14 rings (SSSR count). The molecule has 0 aliphatic carbocycles. The van der Waals surface area contributed by atoms with Crippen LogP contribution in [0.1, 0.15) is 191 Å². The van der Waals surface area contributed by atoms with E-state index in [1.54, 1.807) is 0 Å². The number of aromatic nitrogens is 8. The lowest BCUT2D eigenvalue weighted by atomic mass is 9.59. The minimum Gasteiger partial charge on any atom is -0.278 e. The highest BCUT2D eigenvalue weighted by Crippen LogP contribution is 2.53. The van der Waals surface area contributed by atoms with E-state index in [4.69, 9.17) is 15.1 Å². The second kappa shape index (κ2) is 19.5. The Morgan fingerprint density at radius 2 is 0.871 bits per heavy atom. The SMILES string of the molecule is CC(C)c1cc(C(C)C)c(-c2ccc3nc4n(-c5ccc6c(c5)n(-c5ccc7c(c5)-n5ncc(-c8ccccc8)c5C(C)(C)C7(C)C)c5nc7ccccc7n65)c5ccc(-c6c(C(C)C)cc(C(C)C)cc6C(C)C)cc5n4c3c2)c(C(C)C)c1. The van der Waals surface area contributed by atoms with Gasteiger partial charge >= 0.3 is 0 Å². The smallest absolute Gasteiger partial charge is 0.220 e. The van der Waals surface area contributed by atoms with E-state index in [-0.39, 0.29) is 10.8 Å². The van der Waals surface area contributed by atoms with Crippen molar-refractivity contribution < 1.29 is 0 Å². The second-order valence-electron chi connectivity index (χ2n) is 27.4. The van der Waals surface area contributed by atoms with E-state index < -0.39 is 0 Å². The van der Waals surface area contributed by atoms with Crippen molar-refractivity contribution in [1.29, 1.82) is 0 Å². The van der Waals surface area contributed by atoms with E-state index in [1.807, 2.05) is 0 Å². The Morgan fingerprint density at radius 1 is 0.376 bits per heavy atom. The Kier molecular flexibility index (Phi) is 12.5. The zero-order valence-electron chi connectivity index (χ0n) is 52.6. The van der Waals surface area contributed by atoms with Crippen molar-refractivity contribution in [2.75, 3.05) is 0 Å². The maximum absolute atomic E-state index is 5.69. The zero-order chi connectivity index (χ0) is 59.4. The minimum atomic E-state index is -0.240. The van der Waals surface area contributed by atoms with Gasteiger partial charge in [0.25, 0.3) is 0 Å². The van der Waals surface area contributed by atoms with Crippen LogP contribution in [0.3, 0.4) is 0 Å². The summed E-state index contributed by atoms with van der Waals surface area (Å²) < 4.78 is 11.8. The van der Waals surface area contributed by atoms with Gasteiger partial charge < -0.3 is 0 Å². The van der Waals surface area contributed by atoms with Crippen molar-refractivity contribution in [2.24, 2.45) is 0 Å². The lowest BCUT2D eigenvalue weighted by Gasteiger charge is -2.47. The summed E-state index contributed by atoms with van der Waals surface area (Å²) in [6.45, 7) is 37.6. The molecule has 13 aromatic rings. The molecule has 0 radical (unpaired) electrons. The van der Waals surface area contributed by atoms with Crippen LogP contribution >= 0.6 is 0 Å². The first-order valence-corrected chi connectivity index (χ1v) is 31.2. The summed E-state index contributed by atoms with van der Waals surface area (Å²) in [7, 11) is 0. The van der Waals surface area contributed by atoms with E-state index in [1.165, 1.54) is 78.0 Å². The maximum Gasteiger partial charge on any atom is 0.220 e. The number of hydrogen-bond donors (Lipinski definition) is 0. The van der Waals surface area contributed by atoms with Crippen molar-refractivity contribution in [3.05, 3.63) is 202 Å². The zero-order valence-corrected chi connectivity index (χ0v) is 52.6. The molecule has 8 heteroatoms. The van der Waals surface area contributed by atoms with Gasteiger partial charge in [0.2, 0.25) is 11.6 Å². The summed E-state index contributed by atoms with van der Waals surface area (Å²) in [5.74, 6) is 3.93. The molecule has 0 atom stereocenters. The van der Waals surface area contributed by atoms with Gasteiger partial charge in [0.1, 0.15) is 0 Å². The van der Waals surface area contributed by atoms with Gasteiger partial charge in [-0.25, -0.2) is 14.6 Å². The number of rotatable bonds is 11. The molecule has 0 bridgehead atoms. The molecule has 5 aromatic heterocycles. The molecule has 85 heavy (non-hydrogen) atoms. The van der Waals surface area contributed by atoms with E-state index in [2.05, 4.69) is 291 Å². The Morgan fingerprint density at radius 3 is 1.46 bits per heavy atom. The van der Waals surface area contributed by atoms with Crippen LogP contribution in [0.2, 0.25) is 0 Å². The van der Waals surface area contributed by atoms with Gasteiger partial charge in [-0.1, -0.05) is 196 Å². The number of nitrogens with zero attached hydrogens (tertiary/aromatic N) is 8. The molecule has 0 saturated carbocycles. The van der Waals surface area contributed by atoms with Crippen molar-refractivity contribution in [3.8, 4) is 50.4 Å². The Hall–Kier alpha value is -8.49. The van der Waals surface area contributed by atoms with Gasteiger partial charge in [-0.2, -0.15) is 5.10 Å². The lowest BCUT2D eigenvalue weighted by Crippen LogP contribution is -2.46. The van der Waals surface area contributed by atoms with Crippen molar-refractivity contribution in [3.63, 3.8) is 0 Å². The molecule has 1 aliphatic heterocycles. The molecule has 0 saturated heterocycles. The standard InChI is InChI=1S/C77H80N8/c1-43(2)52-34-56(45(5)6)71(57(35-52)46(7)8)50-26-31-63-68(38-50)84-69-39-51(72-58(47(9)10)36-53(44(3)4)37-59(72)48(11)12)27-32-65(69)81(74(84)80-63)55-29-33-66-70(41-55)82(75-79-62-24-20-21-25-64(62)83(66)75)54-28-30-61-67(40-54)85-73(77(15,16)76(61,13)14)60(42-78-85)49-22-18-17-19-23-49/h17-48H,1-16H3. The normalized spacial score (nSPS) is 14.2. The van der Waals surface area contributed by atoms with Gasteiger partial charge in [-0.3, -0.25) is 17.9 Å². The van der Waals surface area contributed by atoms with E-state index in [0.29, 0.717) is 35.5 Å². The van der Waals surface area contributed by atoms with Crippen LogP contribution in [0.5, 0.6) is 0 Å². The molecule has 0 N–H and O–H groups in total. The van der Waals surface area contributed by atoms with Crippen molar-refractivity contribution in [1.82, 2.24) is 37.7 Å². The average molecular weight is 1120 g/mol. The van der Waals surface area contributed by atoms with E-state index in [9.17, 15) is 0 Å². The first-order chi connectivity index (χ1) is 40.6. The summed E-state index contributed by atoms with van der Waals surface area (Å²) in [6, 6.07) is 57.3. The lowest BCUT2D eigenvalue weighted by molar-refractivity contribution is 0.276. The third-order valence-corrected chi connectivity index (χ3v) is 19.7. The van der Waals surface area contributed by atoms with E-state index >= 15 is 0 Å². The summed E-state index contributed by atoms with van der Waals surface area (Å²) in [5.41, 5.74) is 29.4. The highest BCUT2D eigenvalue weighted by atomic mass is 15.3. The predicted molar refractivity (Wildman–Crippen MR) is 357 cm³/mol. The molecule has 0 unspecified atom stereocenters. The summed E-state index contributed by atoms with van der Waals surface area (Å²) in [6.07, 6.45) is 2.07. The second-order valence-corrected chi connectivity index (χ2v) is 27.4. The Balaban J connectivity index is 1.05. The molecule has 428 valence electrons. The van der Waals surface area contributed by atoms with Gasteiger partial charge in [0, 0.05) is 16.4 Å². The van der Waals surface area contributed by atoms with Crippen molar-refractivity contribution in [2.45, 2.75) is 157 Å². The number of imidazole rings is 4. The third kappa shape index (κ3) is 8.10. The first-order valence-electron chi connectivity index (χ1n) is 31.2. The largest absolute Gasteiger partial charge is 0.278 e. The Labute approximate surface area is 500 Å². The molecular formula is C77H80N8. The number of fused-ring (bicyclic) bond motifs is 13. The minimum absolute atomic E-state index is 0.227. The quantitative estimate of drug-likeness (QED) is 0.130. The number of benzene rings is 8. The number of hydrogen-bond acceptors (Lipinski definition) is 3. The fourth-order valence-corrected chi connectivity index (χ4v) is 14.3. The molecule has 0 fully saturated rings. The first kappa shape index (κ1) is 54.4. The highest BCUT2D eigenvalue weighted by Gasteiger charge is 2.48. The maximum atomic E-state index is 5.69. The van der Waals surface area contributed by atoms with Crippen molar-refractivity contribution >= 4 is 55.7 Å².